The van der Waals surface area contributed by atoms with Gasteiger partial charge in [-0.3, -0.25) is 14.4 Å². The molecule has 1 amide bonds. The fraction of sp³-hybridized carbons (Fsp3) is 0.500. The van der Waals surface area contributed by atoms with E-state index in [9.17, 15) is 19.2 Å². The number of hydrogen-bond acceptors (Lipinski definition) is 9. The number of nitrogens with one attached hydrogen (secondary N) is 1. The van der Waals surface area contributed by atoms with Gasteiger partial charge in [0.2, 0.25) is 5.91 Å². The van der Waals surface area contributed by atoms with Crippen LogP contribution in [-0.4, -0.2) is 95.9 Å². The molecule has 3 heterocycles. The number of carboxylic acids is 3. The molecule has 1 spiro atoms. The second-order valence-electron chi connectivity index (χ2n) is 9.01. The average molecular weight is 502 g/mol. The lowest BCUT2D eigenvalue weighted by Gasteiger charge is -2.30. The van der Waals surface area contributed by atoms with Crippen molar-refractivity contribution in [1.82, 2.24) is 19.9 Å². The summed E-state index contributed by atoms with van der Waals surface area (Å²) in [5.74, 6) is -4.19. The molecule has 1 atom stereocenters. The van der Waals surface area contributed by atoms with Crippen molar-refractivity contribution in [2.45, 2.75) is 43.7 Å². The Morgan fingerprint density at radius 2 is 1.86 bits per heavy atom. The second kappa shape index (κ2) is 10.2. The predicted molar refractivity (Wildman–Crippen MR) is 122 cm³/mol. The lowest BCUT2D eigenvalue weighted by Crippen LogP contribution is -2.42. The maximum Gasteiger partial charge on any atom is 0.336 e. The van der Waals surface area contributed by atoms with Gasteiger partial charge >= 0.3 is 17.9 Å². The minimum absolute atomic E-state index is 0.0396. The van der Waals surface area contributed by atoms with Gasteiger partial charge < -0.3 is 35.2 Å². The van der Waals surface area contributed by atoms with Crippen molar-refractivity contribution in [3.05, 3.63) is 18.6 Å². The number of nitriles is 1. The second-order valence-corrected chi connectivity index (χ2v) is 9.01. The molecule has 0 radical (unpaired) electrons. The Kier molecular flexibility index (Phi) is 7.44. The Labute approximate surface area is 204 Å². The average Bonchev–Trinajstić information content (AvgIpc) is 3.22. The van der Waals surface area contributed by atoms with Crippen LogP contribution >= 0.6 is 0 Å². The molecule has 14 heteroatoms. The number of aromatic nitrogens is 3. The Bertz CT molecular complexity index is 1200. The van der Waals surface area contributed by atoms with Gasteiger partial charge in [0.05, 0.1) is 30.3 Å². The molecule has 1 saturated carbocycles. The Balaban J connectivity index is 0.000000240. The molecule has 2 aliphatic rings. The van der Waals surface area contributed by atoms with E-state index in [1.165, 1.54) is 0 Å². The van der Waals surface area contributed by atoms with Gasteiger partial charge in [-0.25, -0.2) is 14.8 Å². The van der Waals surface area contributed by atoms with E-state index in [1.807, 2.05) is 30.3 Å². The van der Waals surface area contributed by atoms with Crippen LogP contribution < -0.4 is 4.90 Å². The van der Waals surface area contributed by atoms with E-state index in [2.05, 4.69) is 19.9 Å². The highest BCUT2D eigenvalue weighted by molar-refractivity contribution is 5.88. The van der Waals surface area contributed by atoms with Gasteiger partial charge in [-0.1, -0.05) is 0 Å². The molecule has 14 nitrogen and oxygen atoms in total. The summed E-state index contributed by atoms with van der Waals surface area (Å²) >= 11 is 0. The van der Waals surface area contributed by atoms with Gasteiger partial charge in [0.15, 0.2) is 5.60 Å². The highest BCUT2D eigenvalue weighted by atomic mass is 16.4. The number of aliphatic carboxylic acids is 3. The third kappa shape index (κ3) is 5.52. The topological polar surface area (TPSA) is 221 Å². The molecule has 2 aromatic heterocycles. The molecule has 0 aromatic carbocycles. The van der Waals surface area contributed by atoms with Crippen LogP contribution in [0.5, 0.6) is 0 Å². The number of likely N-dealkylation sites (tertiary alicyclic amines) is 1. The van der Waals surface area contributed by atoms with E-state index in [4.69, 9.17) is 25.7 Å². The van der Waals surface area contributed by atoms with Crippen molar-refractivity contribution in [3.63, 3.8) is 0 Å². The van der Waals surface area contributed by atoms with Gasteiger partial charge in [0, 0.05) is 31.7 Å². The van der Waals surface area contributed by atoms with Crippen molar-refractivity contribution < 1.29 is 39.6 Å². The lowest BCUT2D eigenvalue weighted by molar-refractivity contribution is -0.170. The third-order valence-electron chi connectivity index (χ3n) is 6.50. The summed E-state index contributed by atoms with van der Waals surface area (Å²) in [6.45, 7) is 1.41. The number of amides is 1. The number of fused-ring (bicyclic) bond motifs is 1. The first-order chi connectivity index (χ1) is 16.9. The lowest BCUT2D eigenvalue weighted by atomic mass is 9.96. The quantitative estimate of drug-likeness (QED) is 0.323. The molecule has 36 heavy (non-hydrogen) atoms. The van der Waals surface area contributed by atoms with E-state index in [0.29, 0.717) is 6.54 Å². The minimum atomic E-state index is -2.74. The van der Waals surface area contributed by atoms with Crippen molar-refractivity contribution in [1.29, 1.82) is 5.26 Å². The van der Waals surface area contributed by atoms with Crippen LogP contribution in [0.15, 0.2) is 18.6 Å². The molecule has 1 aliphatic carbocycles. The predicted octanol–water partition coefficient (Wildman–Crippen LogP) is 0.0503. The molecular formula is C22H26N6O8. The summed E-state index contributed by atoms with van der Waals surface area (Å²) < 4.78 is 0. The molecule has 5 N–H and O–H groups in total. The van der Waals surface area contributed by atoms with Gasteiger partial charge in [-0.05, 0) is 18.9 Å². The first kappa shape index (κ1) is 26.4. The summed E-state index contributed by atoms with van der Waals surface area (Å²) in [7, 11) is 2.04. The highest BCUT2D eigenvalue weighted by Gasteiger charge is 2.57. The zero-order valence-corrected chi connectivity index (χ0v) is 19.4. The third-order valence-corrected chi connectivity index (χ3v) is 6.50. The number of carbonyl (C=O) groups is 4. The van der Waals surface area contributed by atoms with Gasteiger partial charge in [-0.15, -0.1) is 0 Å². The van der Waals surface area contributed by atoms with Gasteiger partial charge in [-0.2, -0.15) is 5.26 Å². The van der Waals surface area contributed by atoms with Crippen molar-refractivity contribution in [2.24, 2.45) is 5.41 Å². The largest absolute Gasteiger partial charge is 0.481 e. The number of H-pyrrole nitrogens is 1. The Hall–Kier alpha value is -4.25. The smallest absolute Gasteiger partial charge is 0.336 e. The molecule has 1 aliphatic heterocycles. The first-order valence-corrected chi connectivity index (χ1v) is 11.0. The zero-order valence-electron chi connectivity index (χ0n) is 19.4. The summed E-state index contributed by atoms with van der Waals surface area (Å²) in [4.78, 5) is 58.4. The SMILES string of the molecule is CN(c1ncnc2[nH]ccc12)[C@H]1CN(C(=O)CC#N)CC12CC2.O=C(O)CC(O)(CC(=O)O)C(=O)O. The van der Waals surface area contributed by atoms with Gasteiger partial charge in [0.1, 0.15) is 24.2 Å². The standard InChI is InChI=1S/C16H18N6O.C6H8O7/c1-21(15-11-3-7-18-14(11)19-10-20-15)12-8-22(13(23)2-6-17)9-16(12)4-5-16;7-3(8)1-6(13,5(11)12)2-4(9)10/h3,7,10,12H,2,4-5,8-9H2,1H3,(H,18,19,20);13H,1-2H2,(H,7,8)(H,9,10)(H,11,12)/t12-;/m0./s1. The monoisotopic (exact) mass is 502 g/mol. The number of aromatic amines is 1. The van der Waals surface area contributed by atoms with Crippen LogP contribution in [-0.2, 0) is 19.2 Å². The fourth-order valence-electron chi connectivity index (χ4n) is 4.51. The van der Waals surface area contributed by atoms with Crippen LogP contribution in [0, 0.1) is 16.7 Å². The highest BCUT2D eigenvalue weighted by Crippen LogP contribution is 2.55. The van der Waals surface area contributed by atoms with Crippen molar-refractivity contribution >= 4 is 40.7 Å². The number of nitrogens with zero attached hydrogens (tertiary/aromatic N) is 5. The van der Waals surface area contributed by atoms with Crippen LogP contribution in [0.25, 0.3) is 11.0 Å². The number of rotatable bonds is 8. The number of carboxylic acid groups (broad SMARTS) is 3. The van der Waals surface area contributed by atoms with Crippen LogP contribution in [0.2, 0.25) is 0 Å². The zero-order chi connectivity index (χ0) is 26.7. The molecule has 0 bridgehead atoms. The molecule has 192 valence electrons. The van der Waals surface area contributed by atoms with Crippen LogP contribution in [0.4, 0.5) is 5.82 Å². The molecule has 2 fully saturated rings. The first-order valence-electron chi connectivity index (χ1n) is 11.0. The summed E-state index contributed by atoms with van der Waals surface area (Å²) in [5.41, 5.74) is -1.76. The molecule has 2 aromatic rings. The van der Waals surface area contributed by atoms with Crippen LogP contribution in [0.3, 0.4) is 0 Å². The Morgan fingerprint density at radius 3 is 2.39 bits per heavy atom. The number of anilines is 1. The van der Waals surface area contributed by atoms with Crippen molar-refractivity contribution in [2.75, 3.05) is 25.0 Å². The van der Waals surface area contributed by atoms with E-state index in [1.54, 1.807) is 6.33 Å². The van der Waals surface area contributed by atoms with E-state index >= 15 is 0 Å². The maximum absolute atomic E-state index is 12.1. The number of likely N-dealkylation sites (N-methyl/N-ethyl adjacent to an activating group) is 1. The van der Waals surface area contributed by atoms with E-state index in [-0.39, 0.29) is 23.8 Å². The molecular weight excluding hydrogens is 476 g/mol. The van der Waals surface area contributed by atoms with E-state index < -0.39 is 36.4 Å². The summed E-state index contributed by atoms with van der Waals surface area (Å²) in [6, 6.07) is 4.17. The summed E-state index contributed by atoms with van der Waals surface area (Å²) in [5, 5.41) is 43.6. The summed E-state index contributed by atoms with van der Waals surface area (Å²) in [6.07, 6.45) is 3.35. The molecule has 4 rings (SSSR count). The van der Waals surface area contributed by atoms with Crippen LogP contribution in [0.1, 0.15) is 32.1 Å². The molecule has 1 saturated heterocycles. The van der Waals surface area contributed by atoms with E-state index in [0.717, 1.165) is 36.2 Å². The van der Waals surface area contributed by atoms with Crippen molar-refractivity contribution in [3.8, 4) is 6.07 Å². The number of hydrogen-bond donors (Lipinski definition) is 5. The Morgan fingerprint density at radius 1 is 1.22 bits per heavy atom. The maximum atomic E-state index is 12.1. The number of carbonyl (C=O) groups excluding carboxylic acids is 1. The minimum Gasteiger partial charge on any atom is -0.481 e. The fourth-order valence-corrected chi connectivity index (χ4v) is 4.51. The number of aliphatic hydroxyl groups is 1. The van der Waals surface area contributed by atoms with Gasteiger partial charge in [0.25, 0.3) is 0 Å². The normalized spacial score (nSPS) is 17.7. The molecule has 0 unspecified atom stereocenters.